The largest absolute Gasteiger partial charge is 0.354 e. The highest BCUT2D eigenvalue weighted by molar-refractivity contribution is 7.09. The molecule has 1 aliphatic rings. The van der Waals surface area contributed by atoms with Gasteiger partial charge in [-0.3, -0.25) is 15.1 Å². The van der Waals surface area contributed by atoms with Crippen LogP contribution in [0.15, 0.2) is 29.9 Å². The SMILES string of the molecule is O=C(NCCc1nc(-c2ccncc2)cs1)C1CC(F)(F)CN1. The van der Waals surface area contributed by atoms with Gasteiger partial charge in [-0.25, -0.2) is 13.8 Å². The van der Waals surface area contributed by atoms with Crippen molar-refractivity contribution in [2.24, 2.45) is 0 Å². The first kappa shape index (κ1) is 15.9. The first-order valence-electron chi connectivity index (χ1n) is 7.27. The molecule has 0 bridgehead atoms. The van der Waals surface area contributed by atoms with Gasteiger partial charge in [0.05, 0.1) is 23.3 Å². The predicted octanol–water partition coefficient (Wildman–Crippen LogP) is 1.86. The van der Waals surface area contributed by atoms with Crippen molar-refractivity contribution in [3.8, 4) is 11.3 Å². The number of nitrogens with zero attached hydrogens (tertiary/aromatic N) is 2. The number of carbonyl (C=O) groups excluding carboxylic acids is 1. The van der Waals surface area contributed by atoms with Crippen molar-refractivity contribution in [2.45, 2.75) is 24.8 Å². The van der Waals surface area contributed by atoms with E-state index in [1.54, 1.807) is 12.4 Å². The molecule has 1 aliphatic heterocycles. The summed E-state index contributed by atoms with van der Waals surface area (Å²) in [5.41, 5.74) is 1.86. The Hall–Kier alpha value is -1.93. The van der Waals surface area contributed by atoms with Crippen LogP contribution >= 0.6 is 11.3 Å². The number of rotatable bonds is 5. The van der Waals surface area contributed by atoms with E-state index in [1.165, 1.54) is 11.3 Å². The summed E-state index contributed by atoms with van der Waals surface area (Å²) in [6.07, 6.45) is 3.55. The van der Waals surface area contributed by atoms with E-state index in [-0.39, 0.29) is 5.91 Å². The fourth-order valence-electron chi connectivity index (χ4n) is 2.40. The molecule has 3 heterocycles. The Bertz CT molecular complexity index is 677. The van der Waals surface area contributed by atoms with E-state index in [0.29, 0.717) is 13.0 Å². The molecule has 2 aromatic rings. The number of hydrogen-bond acceptors (Lipinski definition) is 5. The van der Waals surface area contributed by atoms with Crippen LogP contribution in [0.3, 0.4) is 0 Å². The van der Waals surface area contributed by atoms with E-state index < -0.39 is 24.9 Å². The molecule has 2 N–H and O–H groups in total. The lowest BCUT2D eigenvalue weighted by atomic mass is 10.2. The fourth-order valence-corrected chi connectivity index (χ4v) is 3.21. The molecule has 0 saturated carbocycles. The lowest BCUT2D eigenvalue weighted by Crippen LogP contribution is -2.41. The summed E-state index contributed by atoms with van der Waals surface area (Å²) in [6.45, 7) is -0.0568. The van der Waals surface area contributed by atoms with Crippen molar-refractivity contribution in [2.75, 3.05) is 13.1 Å². The van der Waals surface area contributed by atoms with E-state index in [1.807, 2.05) is 17.5 Å². The third kappa shape index (κ3) is 4.08. The van der Waals surface area contributed by atoms with E-state index in [9.17, 15) is 13.6 Å². The summed E-state index contributed by atoms with van der Waals surface area (Å²) in [6, 6.07) is 2.95. The summed E-state index contributed by atoms with van der Waals surface area (Å²) >= 11 is 1.51. The number of amides is 1. The van der Waals surface area contributed by atoms with Gasteiger partial charge in [0.15, 0.2) is 0 Å². The predicted molar refractivity (Wildman–Crippen MR) is 83.4 cm³/mol. The number of alkyl halides is 2. The second-order valence-electron chi connectivity index (χ2n) is 5.40. The number of thiazole rings is 1. The number of nitrogens with one attached hydrogen (secondary N) is 2. The Kier molecular flexibility index (Phi) is 4.63. The Morgan fingerprint density at radius 3 is 2.91 bits per heavy atom. The van der Waals surface area contributed by atoms with E-state index in [0.717, 1.165) is 16.3 Å². The molecule has 0 radical (unpaired) electrons. The molecule has 1 amide bonds. The third-order valence-corrected chi connectivity index (χ3v) is 4.50. The maximum Gasteiger partial charge on any atom is 0.262 e. The molecule has 0 aromatic carbocycles. The second kappa shape index (κ2) is 6.67. The Labute approximate surface area is 136 Å². The van der Waals surface area contributed by atoms with Crippen molar-refractivity contribution < 1.29 is 13.6 Å². The molecule has 1 fully saturated rings. The number of aromatic nitrogens is 2. The summed E-state index contributed by atoms with van der Waals surface area (Å²) < 4.78 is 26.1. The fraction of sp³-hybridized carbons (Fsp3) is 0.400. The van der Waals surface area contributed by atoms with Crippen LogP contribution in [-0.4, -0.2) is 40.9 Å². The molecule has 1 unspecified atom stereocenters. The minimum absolute atomic E-state index is 0.381. The highest BCUT2D eigenvalue weighted by Gasteiger charge is 2.42. The third-order valence-electron chi connectivity index (χ3n) is 3.59. The summed E-state index contributed by atoms with van der Waals surface area (Å²) in [5.74, 6) is -3.18. The first-order chi connectivity index (χ1) is 11.0. The molecule has 1 saturated heterocycles. The maximum atomic E-state index is 13.1. The zero-order chi connectivity index (χ0) is 16.3. The average molecular weight is 338 g/mol. The lowest BCUT2D eigenvalue weighted by molar-refractivity contribution is -0.123. The van der Waals surface area contributed by atoms with Gasteiger partial charge >= 0.3 is 0 Å². The van der Waals surface area contributed by atoms with Crippen LogP contribution in [0.5, 0.6) is 0 Å². The van der Waals surface area contributed by atoms with Gasteiger partial charge in [-0.15, -0.1) is 11.3 Å². The normalized spacial score (nSPS) is 19.7. The number of carbonyl (C=O) groups is 1. The van der Waals surface area contributed by atoms with Gasteiger partial charge in [0.2, 0.25) is 5.91 Å². The first-order valence-corrected chi connectivity index (χ1v) is 8.15. The maximum absolute atomic E-state index is 13.1. The smallest absolute Gasteiger partial charge is 0.262 e. The summed E-state index contributed by atoms with van der Waals surface area (Å²) in [4.78, 5) is 20.3. The molecular formula is C15H16F2N4OS. The van der Waals surface area contributed by atoms with Crippen molar-refractivity contribution >= 4 is 17.2 Å². The summed E-state index contributed by atoms with van der Waals surface area (Å²) in [5, 5.41) is 8.06. The Balaban J connectivity index is 1.48. The van der Waals surface area contributed by atoms with E-state index >= 15 is 0 Å². The van der Waals surface area contributed by atoms with Crippen molar-refractivity contribution in [3.05, 3.63) is 34.9 Å². The molecule has 0 aliphatic carbocycles. The molecule has 5 nitrogen and oxygen atoms in total. The molecule has 122 valence electrons. The Morgan fingerprint density at radius 1 is 1.43 bits per heavy atom. The zero-order valence-electron chi connectivity index (χ0n) is 12.3. The quantitative estimate of drug-likeness (QED) is 0.873. The molecule has 8 heteroatoms. The number of halogens is 2. The van der Waals surface area contributed by atoms with Crippen molar-refractivity contribution in [3.63, 3.8) is 0 Å². The van der Waals surface area contributed by atoms with Gasteiger partial charge in [0.1, 0.15) is 0 Å². The molecule has 3 rings (SSSR count). The van der Waals surface area contributed by atoms with Gasteiger partial charge in [-0.1, -0.05) is 0 Å². The minimum Gasteiger partial charge on any atom is -0.354 e. The number of pyridine rings is 1. The van der Waals surface area contributed by atoms with Crippen molar-refractivity contribution in [1.29, 1.82) is 0 Å². The van der Waals surface area contributed by atoms with Crippen LogP contribution < -0.4 is 10.6 Å². The van der Waals surface area contributed by atoms with Gasteiger partial charge in [0, 0.05) is 42.7 Å². The van der Waals surface area contributed by atoms with Gasteiger partial charge in [-0.05, 0) is 12.1 Å². The van der Waals surface area contributed by atoms with Crippen LogP contribution in [0, 0.1) is 0 Å². The van der Waals surface area contributed by atoms with Crippen LogP contribution in [0.2, 0.25) is 0 Å². The molecular weight excluding hydrogens is 322 g/mol. The van der Waals surface area contributed by atoms with Crippen LogP contribution in [0.4, 0.5) is 8.78 Å². The van der Waals surface area contributed by atoms with Gasteiger partial charge in [0.25, 0.3) is 5.92 Å². The monoisotopic (exact) mass is 338 g/mol. The molecule has 0 spiro atoms. The summed E-state index contributed by atoms with van der Waals surface area (Å²) in [7, 11) is 0. The standard InChI is InChI=1S/C15H16F2N4OS/c16-15(17)7-11(20-9-15)14(22)19-6-3-13-21-12(8-23-13)10-1-4-18-5-2-10/h1-2,4-5,8,11,20H,3,6-7,9H2,(H,19,22). The van der Waals surface area contributed by atoms with Crippen LogP contribution in [0.25, 0.3) is 11.3 Å². The molecule has 1 atom stereocenters. The van der Waals surface area contributed by atoms with Crippen molar-refractivity contribution in [1.82, 2.24) is 20.6 Å². The van der Waals surface area contributed by atoms with Crippen LogP contribution in [-0.2, 0) is 11.2 Å². The topological polar surface area (TPSA) is 66.9 Å². The average Bonchev–Trinajstić information content (AvgIpc) is 3.14. The van der Waals surface area contributed by atoms with E-state index in [2.05, 4.69) is 20.6 Å². The van der Waals surface area contributed by atoms with Gasteiger partial charge in [-0.2, -0.15) is 0 Å². The lowest BCUT2D eigenvalue weighted by Gasteiger charge is -2.10. The van der Waals surface area contributed by atoms with E-state index in [4.69, 9.17) is 0 Å². The van der Waals surface area contributed by atoms with Gasteiger partial charge < -0.3 is 5.32 Å². The van der Waals surface area contributed by atoms with Crippen LogP contribution in [0.1, 0.15) is 11.4 Å². The minimum atomic E-state index is -2.79. The highest BCUT2D eigenvalue weighted by Crippen LogP contribution is 2.25. The second-order valence-corrected chi connectivity index (χ2v) is 6.34. The Morgan fingerprint density at radius 2 is 2.22 bits per heavy atom. The zero-order valence-corrected chi connectivity index (χ0v) is 13.1. The molecule has 2 aromatic heterocycles. The highest BCUT2D eigenvalue weighted by atomic mass is 32.1. The number of hydrogen-bond donors (Lipinski definition) is 2. The molecule has 23 heavy (non-hydrogen) atoms.